The molecule has 25 heavy (non-hydrogen) atoms. The van der Waals surface area contributed by atoms with Crippen LogP contribution >= 0.6 is 0 Å². The number of oxazole rings is 1. The zero-order valence-electron chi connectivity index (χ0n) is 13.5. The third kappa shape index (κ3) is 3.49. The van der Waals surface area contributed by atoms with E-state index in [9.17, 15) is 9.59 Å². The molecule has 0 bridgehead atoms. The molecule has 1 aromatic carbocycles. The summed E-state index contributed by atoms with van der Waals surface area (Å²) in [6, 6.07) is 5.24. The van der Waals surface area contributed by atoms with E-state index in [0.717, 1.165) is 12.8 Å². The number of amides is 2. The number of aryl methyl sites for hydroxylation is 1. The molecule has 1 fully saturated rings. The highest BCUT2D eigenvalue weighted by atomic mass is 16.3. The second kappa shape index (κ2) is 6.00. The fraction of sp³-hybridized carbons (Fsp3) is 0.312. The number of carbonyl (C=O) groups is 2. The highest BCUT2D eigenvalue weighted by molar-refractivity contribution is 5.94. The Bertz CT molecular complexity index is 956. The van der Waals surface area contributed by atoms with Crippen molar-refractivity contribution in [1.29, 1.82) is 0 Å². The van der Waals surface area contributed by atoms with Crippen molar-refractivity contribution < 1.29 is 14.0 Å². The van der Waals surface area contributed by atoms with Crippen LogP contribution in [0.3, 0.4) is 0 Å². The largest absolute Gasteiger partial charge is 0.441 e. The van der Waals surface area contributed by atoms with Crippen LogP contribution in [0.5, 0.6) is 0 Å². The number of benzene rings is 1. The quantitative estimate of drug-likeness (QED) is 0.731. The van der Waals surface area contributed by atoms with Gasteiger partial charge in [-0.25, -0.2) is 9.67 Å². The Hall–Kier alpha value is -3.23. The van der Waals surface area contributed by atoms with Gasteiger partial charge in [0.05, 0.1) is 6.20 Å². The molecule has 0 saturated heterocycles. The Morgan fingerprint density at radius 2 is 2.16 bits per heavy atom. The normalized spacial score (nSPS) is 13.8. The SMILES string of the molecule is Cc1nc2cc(NC(=O)Cn3cc(NC(=O)C4CC4)nn3)ccc2o1. The Morgan fingerprint density at radius 3 is 2.96 bits per heavy atom. The molecule has 128 valence electrons. The van der Waals surface area contributed by atoms with Gasteiger partial charge < -0.3 is 15.1 Å². The zero-order valence-corrected chi connectivity index (χ0v) is 13.5. The fourth-order valence-corrected chi connectivity index (χ4v) is 2.47. The second-order valence-corrected chi connectivity index (χ2v) is 6.03. The molecule has 0 aliphatic heterocycles. The molecule has 2 heterocycles. The molecule has 1 aliphatic carbocycles. The van der Waals surface area contributed by atoms with Crippen molar-refractivity contribution >= 4 is 34.4 Å². The van der Waals surface area contributed by atoms with Gasteiger partial charge in [0.2, 0.25) is 11.8 Å². The van der Waals surface area contributed by atoms with Crippen molar-refractivity contribution in [3.05, 3.63) is 30.3 Å². The van der Waals surface area contributed by atoms with Crippen LogP contribution < -0.4 is 10.6 Å². The molecule has 1 aliphatic rings. The van der Waals surface area contributed by atoms with E-state index in [0.29, 0.717) is 28.5 Å². The van der Waals surface area contributed by atoms with E-state index in [-0.39, 0.29) is 24.3 Å². The van der Waals surface area contributed by atoms with E-state index < -0.39 is 0 Å². The van der Waals surface area contributed by atoms with Crippen LogP contribution in [0.25, 0.3) is 11.1 Å². The molecule has 0 spiro atoms. The van der Waals surface area contributed by atoms with E-state index in [1.54, 1.807) is 25.1 Å². The minimum absolute atomic E-state index is 0.0117. The standard InChI is InChI=1S/C16H16N6O3/c1-9-17-12-6-11(4-5-13(12)25-9)18-15(23)8-22-7-14(20-21-22)19-16(24)10-2-3-10/h4-7,10H,2-3,8H2,1H3,(H,18,23)(H,19,24). The lowest BCUT2D eigenvalue weighted by Crippen LogP contribution is -2.19. The molecule has 0 unspecified atom stereocenters. The van der Waals surface area contributed by atoms with Crippen molar-refractivity contribution in [3.63, 3.8) is 0 Å². The number of nitrogens with zero attached hydrogens (tertiary/aromatic N) is 4. The van der Waals surface area contributed by atoms with E-state index >= 15 is 0 Å². The molecule has 0 atom stereocenters. The number of anilines is 2. The maximum Gasteiger partial charge on any atom is 0.246 e. The summed E-state index contributed by atoms with van der Waals surface area (Å²) in [6.07, 6.45) is 3.36. The summed E-state index contributed by atoms with van der Waals surface area (Å²) >= 11 is 0. The molecule has 2 N–H and O–H groups in total. The van der Waals surface area contributed by atoms with E-state index in [4.69, 9.17) is 4.42 Å². The first-order valence-corrected chi connectivity index (χ1v) is 7.95. The minimum atomic E-state index is -0.260. The Morgan fingerprint density at radius 1 is 1.32 bits per heavy atom. The van der Waals surface area contributed by atoms with Crippen molar-refractivity contribution in [2.45, 2.75) is 26.3 Å². The Labute approximate surface area is 142 Å². The summed E-state index contributed by atoms with van der Waals surface area (Å²) in [7, 11) is 0. The van der Waals surface area contributed by atoms with Crippen molar-refractivity contribution in [2.75, 3.05) is 10.6 Å². The third-order valence-electron chi connectivity index (χ3n) is 3.82. The first kappa shape index (κ1) is 15.3. The molecule has 1 saturated carbocycles. The van der Waals surface area contributed by atoms with Crippen LogP contribution in [0.2, 0.25) is 0 Å². The Balaban J connectivity index is 1.37. The first-order chi connectivity index (χ1) is 12.1. The van der Waals surface area contributed by atoms with Gasteiger partial charge in [0.25, 0.3) is 0 Å². The summed E-state index contributed by atoms with van der Waals surface area (Å²) in [5, 5.41) is 13.2. The maximum absolute atomic E-state index is 12.1. The second-order valence-electron chi connectivity index (χ2n) is 6.03. The van der Waals surface area contributed by atoms with E-state index in [1.165, 1.54) is 10.9 Å². The van der Waals surface area contributed by atoms with Gasteiger partial charge in [-0.3, -0.25) is 9.59 Å². The van der Waals surface area contributed by atoms with Crippen LogP contribution in [0.4, 0.5) is 11.5 Å². The topological polar surface area (TPSA) is 115 Å². The van der Waals surface area contributed by atoms with Crippen LogP contribution in [0, 0.1) is 12.8 Å². The molecule has 9 heteroatoms. The smallest absolute Gasteiger partial charge is 0.246 e. The van der Waals surface area contributed by atoms with Gasteiger partial charge in [-0.05, 0) is 31.0 Å². The minimum Gasteiger partial charge on any atom is -0.441 e. The number of nitrogens with one attached hydrogen (secondary N) is 2. The maximum atomic E-state index is 12.1. The predicted octanol–water partition coefficient (Wildman–Crippen LogP) is 1.71. The number of hydrogen-bond acceptors (Lipinski definition) is 6. The summed E-state index contributed by atoms with van der Waals surface area (Å²) in [6.45, 7) is 1.75. The van der Waals surface area contributed by atoms with Gasteiger partial charge in [0.15, 0.2) is 17.3 Å². The van der Waals surface area contributed by atoms with Gasteiger partial charge in [-0.15, -0.1) is 5.10 Å². The molecule has 9 nitrogen and oxygen atoms in total. The molecule has 3 aromatic rings. The van der Waals surface area contributed by atoms with Crippen LogP contribution in [-0.2, 0) is 16.1 Å². The predicted molar refractivity (Wildman–Crippen MR) is 88.8 cm³/mol. The lowest BCUT2D eigenvalue weighted by Gasteiger charge is -2.04. The Kier molecular flexibility index (Phi) is 3.68. The molecular formula is C16H16N6O3. The fourth-order valence-electron chi connectivity index (χ4n) is 2.47. The number of rotatable bonds is 5. The number of aromatic nitrogens is 4. The third-order valence-corrected chi connectivity index (χ3v) is 3.82. The van der Waals surface area contributed by atoms with Crippen LogP contribution in [0.1, 0.15) is 18.7 Å². The summed E-state index contributed by atoms with van der Waals surface area (Å²) in [5.41, 5.74) is 1.97. The molecular weight excluding hydrogens is 324 g/mol. The van der Waals surface area contributed by atoms with Crippen molar-refractivity contribution in [1.82, 2.24) is 20.0 Å². The van der Waals surface area contributed by atoms with Gasteiger partial charge in [-0.1, -0.05) is 5.21 Å². The van der Waals surface area contributed by atoms with Gasteiger partial charge in [0.1, 0.15) is 12.1 Å². The van der Waals surface area contributed by atoms with Gasteiger partial charge >= 0.3 is 0 Å². The molecule has 2 aromatic heterocycles. The van der Waals surface area contributed by atoms with Crippen molar-refractivity contribution in [2.24, 2.45) is 5.92 Å². The number of hydrogen-bond donors (Lipinski definition) is 2. The first-order valence-electron chi connectivity index (χ1n) is 7.95. The van der Waals surface area contributed by atoms with Gasteiger partial charge in [-0.2, -0.15) is 0 Å². The van der Waals surface area contributed by atoms with Crippen molar-refractivity contribution in [3.8, 4) is 0 Å². The number of fused-ring (bicyclic) bond motifs is 1. The average molecular weight is 340 g/mol. The molecule has 0 radical (unpaired) electrons. The van der Waals surface area contributed by atoms with Gasteiger partial charge in [0, 0.05) is 18.5 Å². The zero-order chi connectivity index (χ0) is 17.4. The average Bonchev–Trinajstić information content (AvgIpc) is 3.23. The monoisotopic (exact) mass is 340 g/mol. The molecule has 4 rings (SSSR count). The summed E-state index contributed by atoms with van der Waals surface area (Å²) in [4.78, 5) is 28.0. The summed E-state index contributed by atoms with van der Waals surface area (Å²) in [5.74, 6) is 0.701. The highest BCUT2D eigenvalue weighted by Gasteiger charge is 2.30. The van der Waals surface area contributed by atoms with Crippen LogP contribution in [-0.4, -0.2) is 31.8 Å². The summed E-state index contributed by atoms with van der Waals surface area (Å²) < 4.78 is 6.77. The van der Waals surface area contributed by atoms with Crippen LogP contribution in [0.15, 0.2) is 28.8 Å². The van der Waals surface area contributed by atoms with E-state index in [1.807, 2.05) is 0 Å². The molecule has 2 amide bonds. The lowest BCUT2D eigenvalue weighted by molar-refractivity contribution is -0.117. The lowest BCUT2D eigenvalue weighted by atomic mass is 10.3. The van der Waals surface area contributed by atoms with E-state index in [2.05, 4.69) is 25.9 Å². The highest BCUT2D eigenvalue weighted by Crippen LogP contribution is 2.29. The number of carbonyl (C=O) groups excluding carboxylic acids is 2.